The van der Waals surface area contributed by atoms with Crippen LogP contribution in [0.4, 0.5) is 11.4 Å². The van der Waals surface area contributed by atoms with Crippen LogP contribution in [0.3, 0.4) is 0 Å². The first-order chi connectivity index (χ1) is 16.2. The standard InChI is InChI=1S/C26H25N5O2/c32-25(29-28-24-22-8-4-5-9-23(22)27-26(24)33)20-12-10-19(11-13-20)18-30-14-16-31(17-15-30)21-6-2-1-3-7-21/h1-13,27,33H,14-18H2/p+1. The van der Waals surface area contributed by atoms with Crippen molar-refractivity contribution in [3.05, 3.63) is 90.0 Å². The van der Waals surface area contributed by atoms with E-state index in [9.17, 15) is 9.90 Å². The SMILES string of the molecule is O=C(N=Nc1c(O)[nH]c2ccccc12)c1ccc(C[NH+]2CCN(c3ccccc3)CC2)cc1. The van der Waals surface area contributed by atoms with Gasteiger partial charge in [-0.25, -0.2) is 0 Å². The van der Waals surface area contributed by atoms with Gasteiger partial charge in [0.25, 0.3) is 5.91 Å². The van der Waals surface area contributed by atoms with Crippen molar-refractivity contribution < 1.29 is 14.8 Å². The number of benzene rings is 3. The number of para-hydroxylation sites is 2. The van der Waals surface area contributed by atoms with Crippen LogP contribution < -0.4 is 9.80 Å². The number of H-pyrrole nitrogens is 1. The summed E-state index contributed by atoms with van der Waals surface area (Å²) in [6, 6.07) is 25.5. The number of amides is 1. The summed E-state index contributed by atoms with van der Waals surface area (Å²) in [6.07, 6.45) is 0. The molecule has 1 aliphatic rings. The summed E-state index contributed by atoms with van der Waals surface area (Å²) in [7, 11) is 0. The number of rotatable bonds is 5. The fourth-order valence-electron chi connectivity index (χ4n) is 4.32. The average Bonchev–Trinajstić information content (AvgIpc) is 3.19. The molecule has 0 radical (unpaired) electrons. The van der Waals surface area contributed by atoms with Gasteiger partial charge in [0, 0.05) is 22.2 Å². The molecule has 3 aromatic carbocycles. The Labute approximate surface area is 192 Å². The molecule has 1 fully saturated rings. The van der Waals surface area contributed by atoms with Gasteiger partial charge in [0.05, 0.1) is 31.7 Å². The highest BCUT2D eigenvalue weighted by Gasteiger charge is 2.20. The van der Waals surface area contributed by atoms with Gasteiger partial charge in [-0.1, -0.05) is 48.5 Å². The maximum absolute atomic E-state index is 12.5. The smallest absolute Gasteiger partial charge is 0.295 e. The summed E-state index contributed by atoms with van der Waals surface area (Å²) >= 11 is 0. The lowest BCUT2D eigenvalue weighted by atomic mass is 10.1. The average molecular weight is 441 g/mol. The van der Waals surface area contributed by atoms with Crippen LogP contribution in [0.1, 0.15) is 15.9 Å². The van der Waals surface area contributed by atoms with E-state index in [0.29, 0.717) is 5.56 Å². The van der Waals surface area contributed by atoms with Gasteiger partial charge in [0.15, 0.2) is 5.69 Å². The summed E-state index contributed by atoms with van der Waals surface area (Å²) in [4.78, 5) is 19.3. The van der Waals surface area contributed by atoms with E-state index in [2.05, 4.69) is 44.4 Å². The first-order valence-electron chi connectivity index (χ1n) is 11.2. The maximum atomic E-state index is 12.5. The lowest BCUT2D eigenvalue weighted by Gasteiger charge is -2.33. The molecule has 0 saturated carbocycles. The van der Waals surface area contributed by atoms with Gasteiger partial charge < -0.3 is 19.9 Å². The third-order valence-corrected chi connectivity index (χ3v) is 6.15. The maximum Gasteiger partial charge on any atom is 0.295 e. The van der Waals surface area contributed by atoms with Gasteiger partial charge in [-0.3, -0.25) is 4.79 Å². The van der Waals surface area contributed by atoms with E-state index in [-0.39, 0.29) is 11.6 Å². The molecule has 7 nitrogen and oxygen atoms in total. The van der Waals surface area contributed by atoms with E-state index in [0.717, 1.165) is 43.6 Å². The van der Waals surface area contributed by atoms with Crippen molar-refractivity contribution in [3.63, 3.8) is 0 Å². The van der Waals surface area contributed by atoms with Gasteiger partial charge in [-0.05, 0) is 30.3 Å². The molecular weight excluding hydrogens is 414 g/mol. The molecule has 1 aliphatic heterocycles. The van der Waals surface area contributed by atoms with Crippen LogP contribution in [0.25, 0.3) is 10.9 Å². The van der Waals surface area contributed by atoms with Gasteiger partial charge >= 0.3 is 0 Å². The molecule has 4 aromatic rings. The van der Waals surface area contributed by atoms with Crippen molar-refractivity contribution >= 4 is 28.2 Å². The number of aromatic nitrogens is 1. The highest BCUT2D eigenvalue weighted by Crippen LogP contribution is 2.35. The van der Waals surface area contributed by atoms with Gasteiger partial charge in [0.1, 0.15) is 6.54 Å². The molecule has 0 aliphatic carbocycles. The van der Waals surface area contributed by atoms with Crippen molar-refractivity contribution in [3.8, 4) is 5.88 Å². The predicted molar refractivity (Wildman–Crippen MR) is 128 cm³/mol. The summed E-state index contributed by atoms with van der Waals surface area (Å²) in [5.74, 6) is -0.534. The molecule has 0 atom stereocenters. The first kappa shape index (κ1) is 20.9. The molecule has 0 spiro atoms. The summed E-state index contributed by atoms with van der Waals surface area (Å²) in [5, 5.41) is 18.6. The molecule has 7 heteroatoms. The number of hydrogen-bond donors (Lipinski definition) is 3. The van der Waals surface area contributed by atoms with E-state index in [1.54, 1.807) is 12.1 Å². The molecule has 0 bridgehead atoms. The second-order valence-corrected chi connectivity index (χ2v) is 8.32. The van der Waals surface area contributed by atoms with Crippen LogP contribution in [-0.4, -0.2) is 42.2 Å². The van der Waals surface area contributed by atoms with E-state index >= 15 is 0 Å². The predicted octanol–water partition coefficient (Wildman–Crippen LogP) is 3.70. The monoisotopic (exact) mass is 440 g/mol. The lowest BCUT2D eigenvalue weighted by molar-refractivity contribution is -0.914. The topological polar surface area (TPSA) is 85.5 Å². The van der Waals surface area contributed by atoms with Crippen molar-refractivity contribution in [2.24, 2.45) is 10.2 Å². The molecule has 1 amide bonds. The van der Waals surface area contributed by atoms with Crippen LogP contribution in [0.5, 0.6) is 5.88 Å². The van der Waals surface area contributed by atoms with Crippen molar-refractivity contribution in [1.29, 1.82) is 0 Å². The number of carbonyl (C=O) groups is 1. The Morgan fingerprint density at radius 3 is 2.39 bits per heavy atom. The molecule has 2 heterocycles. The number of aromatic amines is 1. The normalized spacial score (nSPS) is 14.8. The number of fused-ring (bicyclic) bond motifs is 1. The number of anilines is 1. The number of quaternary nitrogens is 1. The fraction of sp³-hybridized carbons (Fsp3) is 0.192. The Morgan fingerprint density at radius 2 is 1.64 bits per heavy atom. The van der Waals surface area contributed by atoms with Crippen molar-refractivity contribution in [2.75, 3.05) is 31.1 Å². The minimum atomic E-state index is -0.435. The Kier molecular flexibility index (Phi) is 5.87. The number of piperazine rings is 1. The second kappa shape index (κ2) is 9.26. The van der Waals surface area contributed by atoms with Gasteiger partial charge in [0.2, 0.25) is 5.88 Å². The van der Waals surface area contributed by atoms with Crippen LogP contribution in [-0.2, 0) is 6.54 Å². The van der Waals surface area contributed by atoms with Gasteiger partial charge in [-0.2, -0.15) is 0 Å². The summed E-state index contributed by atoms with van der Waals surface area (Å²) in [6.45, 7) is 5.17. The van der Waals surface area contributed by atoms with E-state index < -0.39 is 5.91 Å². The molecule has 3 N–H and O–H groups in total. The zero-order chi connectivity index (χ0) is 22.6. The van der Waals surface area contributed by atoms with E-state index in [1.807, 2.05) is 42.5 Å². The number of nitrogens with one attached hydrogen (secondary N) is 2. The minimum Gasteiger partial charge on any atom is -0.493 e. The molecule has 1 aromatic heterocycles. The highest BCUT2D eigenvalue weighted by molar-refractivity contribution is 5.96. The number of nitrogens with zero attached hydrogens (tertiary/aromatic N) is 3. The number of carbonyl (C=O) groups excluding carboxylic acids is 1. The zero-order valence-corrected chi connectivity index (χ0v) is 18.2. The quantitative estimate of drug-likeness (QED) is 0.414. The highest BCUT2D eigenvalue weighted by atomic mass is 16.3. The Hall–Kier alpha value is -3.97. The molecule has 33 heavy (non-hydrogen) atoms. The Bertz CT molecular complexity index is 1270. The third-order valence-electron chi connectivity index (χ3n) is 6.15. The number of aromatic hydroxyl groups is 1. The van der Waals surface area contributed by atoms with E-state index in [4.69, 9.17) is 0 Å². The number of hydrogen-bond acceptors (Lipinski definition) is 4. The molecular formula is C26H26N5O2+. The van der Waals surface area contributed by atoms with Crippen molar-refractivity contribution in [2.45, 2.75) is 6.54 Å². The molecule has 0 unspecified atom stereocenters. The Morgan fingerprint density at radius 1 is 0.939 bits per heavy atom. The van der Waals surface area contributed by atoms with Crippen molar-refractivity contribution in [1.82, 2.24) is 4.98 Å². The molecule has 166 valence electrons. The van der Waals surface area contributed by atoms with Crippen LogP contribution in [0.15, 0.2) is 89.1 Å². The number of azo groups is 1. The van der Waals surface area contributed by atoms with Crippen LogP contribution in [0, 0.1) is 0 Å². The van der Waals surface area contributed by atoms with Crippen LogP contribution in [0.2, 0.25) is 0 Å². The molecule has 1 saturated heterocycles. The fourth-order valence-corrected chi connectivity index (χ4v) is 4.32. The molecule has 5 rings (SSSR count). The summed E-state index contributed by atoms with van der Waals surface area (Å²) < 4.78 is 0. The third kappa shape index (κ3) is 4.63. The Balaban J connectivity index is 1.19. The largest absolute Gasteiger partial charge is 0.493 e. The summed E-state index contributed by atoms with van der Waals surface area (Å²) in [5.41, 5.74) is 3.97. The van der Waals surface area contributed by atoms with Crippen LogP contribution >= 0.6 is 0 Å². The lowest BCUT2D eigenvalue weighted by Crippen LogP contribution is -3.13. The zero-order valence-electron chi connectivity index (χ0n) is 18.2. The minimum absolute atomic E-state index is 0.0987. The second-order valence-electron chi connectivity index (χ2n) is 8.32. The van der Waals surface area contributed by atoms with E-state index in [1.165, 1.54) is 16.2 Å². The van der Waals surface area contributed by atoms with Gasteiger partial charge in [-0.15, -0.1) is 10.2 Å². The first-order valence-corrected chi connectivity index (χ1v) is 11.2.